The van der Waals surface area contributed by atoms with Gasteiger partial charge in [-0.25, -0.2) is 4.68 Å². The van der Waals surface area contributed by atoms with Gasteiger partial charge >= 0.3 is 6.18 Å². The number of hydrogen-bond acceptors (Lipinski definition) is 5. The van der Waals surface area contributed by atoms with Gasteiger partial charge in [0.1, 0.15) is 0 Å². The summed E-state index contributed by atoms with van der Waals surface area (Å²) in [5.41, 5.74) is -0.864. The third-order valence-corrected chi connectivity index (χ3v) is 4.62. The Morgan fingerprint density at radius 2 is 1.53 bits per heavy atom. The van der Waals surface area contributed by atoms with Gasteiger partial charge in [0.15, 0.2) is 17.3 Å². The number of rotatable bonds is 4. The Labute approximate surface area is 168 Å². The summed E-state index contributed by atoms with van der Waals surface area (Å²) in [5, 5.41) is 11.7. The first-order valence-corrected chi connectivity index (χ1v) is 8.85. The van der Waals surface area contributed by atoms with Crippen molar-refractivity contribution in [2.24, 2.45) is 11.0 Å². The molecule has 0 spiro atoms. The van der Waals surface area contributed by atoms with Crippen LogP contribution in [-0.2, 0) is 4.79 Å². The summed E-state index contributed by atoms with van der Waals surface area (Å²) in [6.45, 7) is 1.50. The lowest BCUT2D eigenvalue weighted by Crippen LogP contribution is -2.39. The second kappa shape index (κ2) is 7.21. The molecule has 1 aliphatic rings. The standard InChI is InChI=1S/C20H14F3N5O2/c1-12-16(24-26-27(12)13-8-4-2-5-9-13)17(29)15-18(20(21,22)23)25-28(19(15)30)14-10-6-3-7-11-14/h2-11,15H,1H3. The van der Waals surface area contributed by atoms with Gasteiger partial charge < -0.3 is 0 Å². The summed E-state index contributed by atoms with van der Waals surface area (Å²) >= 11 is 0. The highest BCUT2D eigenvalue weighted by atomic mass is 19.4. The van der Waals surface area contributed by atoms with Crippen LogP contribution in [0.4, 0.5) is 18.9 Å². The lowest BCUT2D eigenvalue weighted by atomic mass is 9.94. The van der Waals surface area contributed by atoms with Crippen LogP contribution in [0.1, 0.15) is 16.2 Å². The zero-order valence-electron chi connectivity index (χ0n) is 15.5. The summed E-state index contributed by atoms with van der Waals surface area (Å²) in [4.78, 5) is 25.8. The van der Waals surface area contributed by atoms with Crippen LogP contribution in [-0.4, -0.2) is 38.6 Å². The van der Waals surface area contributed by atoms with E-state index < -0.39 is 29.5 Å². The van der Waals surface area contributed by atoms with Crippen LogP contribution in [0.2, 0.25) is 0 Å². The molecule has 0 saturated carbocycles. The van der Waals surface area contributed by atoms with Crippen molar-refractivity contribution in [3.05, 3.63) is 72.1 Å². The predicted octanol–water partition coefficient (Wildman–Crippen LogP) is 3.34. The summed E-state index contributed by atoms with van der Waals surface area (Å²) in [6.07, 6.45) is -4.97. The number of alkyl halides is 3. The van der Waals surface area contributed by atoms with Gasteiger partial charge in [-0.2, -0.15) is 23.3 Å². The monoisotopic (exact) mass is 413 g/mol. The maximum Gasteiger partial charge on any atom is 0.432 e. The summed E-state index contributed by atoms with van der Waals surface area (Å²) < 4.78 is 42.2. The Balaban J connectivity index is 1.74. The van der Waals surface area contributed by atoms with Crippen LogP contribution < -0.4 is 5.01 Å². The number of Topliss-reactive ketones (excluding diaryl/α,β-unsaturated/α-hetero) is 1. The summed E-state index contributed by atoms with van der Waals surface area (Å²) in [6, 6.07) is 16.3. The minimum absolute atomic E-state index is 0.129. The van der Waals surface area contributed by atoms with Crippen LogP contribution in [0, 0.1) is 12.8 Å². The molecule has 152 valence electrons. The van der Waals surface area contributed by atoms with Crippen LogP contribution in [0.5, 0.6) is 0 Å². The normalized spacial score (nSPS) is 16.7. The second-order valence-electron chi connectivity index (χ2n) is 6.54. The van der Waals surface area contributed by atoms with Gasteiger partial charge in [0, 0.05) is 0 Å². The Hall–Kier alpha value is -3.82. The van der Waals surface area contributed by atoms with Crippen LogP contribution >= 0.6 is 0 Å². The molecule has 0 radical (unpaired) electrons. The molecule has 30 heavy (non-hydrogen) atoms. The van der Waals surface area contributed by atoms with Gasteiger partial charge in [-0.15, -0.1) is 5.10 Å². The van der Waals surface area contributed by atoms with Gasteiger partial charge in [-0.1, -0.05) is 41.6 Å². The van der Waals surface area contributed by atoms with Crippen molar-refractivity contribution in [1.29, 1.82) is 0 Å². The number of nitrogens with zero attached hydrogens (tertiary/aromatic N) is 5. The van der Waals surface area contributed by atoms with E-state index in [4.69, 9.17) is 0 Å². The van der Waals surface area contributed by atoms with E-state index >= 15 is 0 Å². The lowest BCUT2D eigenvalue weighted by molar-refractivity contribution is -0.119. The molecule has 1 amide bonds. The van der Waals surface area contributed by atoms with Gasteiger partial charge in [0.05, 0.1) is 17.1 Å². The first-order valence-electron chi connectivity index (χ1n) is 8.85. The summed E-state index contributed by atoms with van der Waals surface area (Å²) in [7, 11) is 0. The molecule has 7 nitrogen and oxygen atoms in total. The average Bonchev–Trinajstić information content (AvgIpc) is 3.29. The van der Waals surface area contributed by atoms with E-state index in [-0.39, 0.29) is 17.1 Å². The number of amides is 1. The second-order valence-corrected chi connectivity index (χ2v) is 6.54. The van der Waals surface area contributed by atoms with E-state index in [1.54, 1.807) is 48.5 Å². The van der Waals surface area contributed by atoms with E-state index in [9.17, 15) is 22.8 Å². The van der Waals surface area contributed by atoms with Crippen molar-refractivity contribution >= 4 is 23.1 Å². The van der Waals surface area contributed by atoms with Crippen LogP contribution in [0.25, 0.3) is 5.69 Å². The molecule has 1 unspecified atom stereocenters. The Morgan fingerprint density at radius 1 is 0.967 bits per heavy atom. The molecule has 0 aliphatic carbocycles. The van der Waals surface area contributed by atoms with E-state index in [1.807, 2.05) is 0 Å². The Kier molecular flexibility index (Phi) is 4.69. The molecule has 3 aromatic rings. The largest absolute Gasteiger partial charge is 0.432 e. The molecule has 0 fully saturated rings. The first-order chi connectivity index (χ1) is 14.3. The lowest BCUT2D eigenvalue weighted by Gasteiger charge is -2.13. The Morgan fingerprint density at radius 3 is 2.10 bits per heavy atom. The maximum atomic E-state index is 13.6. The van der Waals surface area contributed by atoms with Crippen LogP contribution in [0.3, 0.4) is 0 Å². The molecule has 1 atom stereocenters. The molecular weight excluding hydrogens is 399 g/mol. The zero-order valence-corrected chi connectivity index (χ0v) is 15.5. The molecule has 0 N–H and O–H groups in total. The fourth-order valence-corrected chi connectivity index (χ4v) is 3.17. The topological polar surface area (TPSA) is 80.5 Å². The average molecular weight is 413 g/mol. The highest BCUT2D eigenvalue weighted by Gasteiger charge is 2.54. The molecule has 2 heterocycles. The number of ketones is 1. The van der Waals surface area contributed by atoms with Crippen molar-refractivity contribution in [1.82, 2.24) is 15.0 Å². The van der Waals surface area contributed by atoms with Crippen LogP contribution in [0.15, 0.2) is 65.8 Å². The van der Waals surface area contributed by atoms with Gasteiger partial charge in [-0.3, -0.25) is 9.59 Å². The SMILES string of the molecule is Cc1c(C(=O)C2C(=O)N(c3ccccc3)N=C2C(F)(F)F)nnn1-c1ccccc1. The first kappa shape index (κ1) is 19.5. The zero-order chi connectivity index (χ0) is 21.5. The molecule has 2 aromatic carbocycles. The maximum absolute atomic E-state index is 13.6. The molecule has 1 aromatic heterocycles. The molecule has 4 rings (SSSR count). The highest BCUT2D eigenvalue weighted by molar-refractivity contribution is 6.31. The fraction of sp³-hybridized carbons (Fsp3) is 0.150. The van der Waals surface area contributed by atoms with E-state index in [0.29, 0.717) is 10.7 Å². The minimum atomic E-state index is -4.97. The Bertz CT molecular complexity index is 1140. The fourth-order valence-electron chi connectivity index (χ4n) is 3.17. The van der Waals surface area contributed by atoms with Crippen molar-refractivity contribution in [2.75, 3.05) is 5.01 Å². The van der Waals surface area contributed by atoms with E-state index in [2.05, 4.69) is 15.4 Å². The van der Waals surface area contributed by atoms with Gasteiger partial charge in [0.25, 0.3) is 5.91 Å². The van der Waals surface area contributed by atoms with Gasteiger partial charge in [0.2, 0.25) is 5.78 Å². The van der Waals surface area contributed by atoms with Crippen molar-refractivity contribution < 1.29 is 22.8 Å². The van der Waals surface area contributed by atoms with Crippen molar-refractivity contribution in [3.8, 4) is 5.69 Å². The van der Waals surface area contributed by atoms with Crippen molar-refractivity contribution in [3.63, 3.8) is 0 Å². The van der Waals surface area contributed by atoms with Crippen molar-refractivity contribution in [2.45, 2.75) is 13.1 Å². The number of aromatic nitrogens is 3. The summed E-state index contributed by atoms with van der Waals surface area (Å²) in [5.74, 6) is -4.34. The van der Waals surface area contributed by atoms with Gasteiger partial charge in [-0.05, 0) is 31.2 Å². The molecule has 0 saturated heterocycles. The number of hydrazone groups is 1. The predicted molar refractivity (Wildman–Crippen MR) is 101 cm³/mol. The molecule has 10 heteroatoms. The minimum Gasteiger partial charge on any atom is -0.291 e. The molecule has 1 aliphatic heterocycles. The number of benzene rings is 2. The number of carbonyl (C=O) groups is 2. The molecule has 0 bridgehead atoms. The number of carbonyl (C=O) groups excluding carboxylic acids is 2. The molecular formula is C20H14F3N5O2. The quantitative estimate of drug-likeness (QED) is 0.485. The number of para-hydroxylation sites is 2. The number of anilines is 1. The number of halogens is 3. The number of hydrogen-bond donors (Lipinski definition) is 0. The highest BCUT2D eigenvalue weighted by Crippen LogP contribution is 2.33. The third-order valence-electron chi connectivity index (χ3n) is 4.62. The van der Waals surface area contributed by atoms with E-state index in [1.165, 1.54) is 23.7 Å². The third kappa shape index (κ3) is 3.25. The van der Waals surface area contributed by atoms with E-state index in [0.717, 1.165) is 0 Å². The smallest absolute Gasteiger partial charge is 0.291 e.